The molecule has 0 aliphatic heterocycles. The summed E-state index contributed by atoms with van der Waals surface area (Å²) in [7, 11) is 0. The molecule has 1 heterocycles. The summed E-state index contributed by atoms with van der Waals surface area (Å²) in [4.78, 5) is 0. The van der Waals surface area contributed by atoms with E-state index in [0.717, 1.165) is 27.3 Å². The minimum Gasteiger partial charge on any atom is -0.459 e. The van der Waals surface area contributed by atoms with Crippen LogP contribution in [0.5, 0.6) is 0 Å². The Morgan fingerprint density at radius 2 is 2.00 bits per heavy atom. The quantitative estimate of drug-likeness (QED) is 0.841. The molecule has 2 nitrogen and oxygen atoms in total. The van der Waals surface area contributed by atoms with Gasteiger partial charge in [0.2, 0.25) is 0 Å². The maximum Gasteiger partial charge on any atom is 0.134 e. The summed E-state index contributed by atoms with van der Waals surface area (Å²) in [6, 6.07) is 5.78. The van der Waals surface area contributed by atoms with Crippen LogP contribution in [0.3, 0.4) is 0 Å². The zero-order chi connectivity index (χ0) is 13.4. The average molecular weight is 278 g/mol. The standard InChI is InChI=1S/C16H20ClNO/c1-10-13-9-12(17)7-8-14(13)19-16(10)15(18)11-5-3-2-4-6-11/h7-9,11,15H,2-6,18H2,1H3. The van der Waals surface area contributed by atoms with Crippen LogP contribution < -0.4 is 5.73 Å². The third-order valence-electron chi connectivity index (χ3n) is 4.40. The van der Waals surface area contributed by atoms with Gasteiger partial charge in [0, 0.05) is 16.0 Å². The molecule has 19 heavy (non-hydrogen) atoms. The second-order valence-electron chi connectivity index (χ2n) is 5.66. The van der Waals surface area contributed by atoms with Crippen LogP contribution in [0.4, 0.5) is 0 Å². The zero-order valence-corrected chi connectivity index (χ0v) is 12.0. The molecule has 1 unspecified atom stereocenters. The summed E-state index contributed by atoms with van der Waals surface area (Å²) < 4.78 is 5.99. The van der Waals surface area contributed by atoms with Crippen molar-refractivity contribution in [1.82, 2.24) is 0 Å². The smallest absolute Gasteiger partial charge is 0.134 e. The van der Waals surface area contributed by atoms with Crippen LogP contribution >= 0.6 is 11.6 Å². The number of rotatable bonds is 2. The van der Waals surface area contributed by atoms with Crippen molar-refractivity contribution in [3.05, 3.63) is 34.5 Å². The number of hydrogen-bond acceptors (Lipinski definition) is 2. The van der Waals surface area contributed by atoms with Gasteiger partial charge in [-0.15, -0.1) is 0 Å². The highest BCUT2D eigenvalue weighted by molar-refractivity contribution is 6.31. The predicted octanol–water partition coefficient (Wildman–Crippen LogP) is 4.97. The third kappa shape index (κ3) is 2.39. The largest absolute Gasteiger partial charge is 0.459 e. The first kappa shape index (κ1) is 13.0. The maximum absolute atomic E-state index is 6.45. The van der Waals surface area contributed by atoms with Gasteiger partial charge >= 0.3 is 0 Å². The highest BCUT2D eigenvalue weighted by atomic mass is 35.5. The number of fused-ring (bicyclic) bond motifs is 1. The monoisotopic (exact) mass is 277 g/mol. The first-order valence-corrected chi connectivity index (χ1v) is 7.49. The van der Waals surface area contributed by atoms with Crippen LogP contribution in [0, 0.1) is 12.8 Å². The predicted molar refractivity (Wildman–Crippen MR) is 79.5 cm³/mol. The molecule has 3 rings (SSSR count). The molecule has 0 saturated heterocycles. The van der Waals surface area contributed by atoms with Crippen LogP contribution in [0.15, 0.2) is 22.6 Å². The lowest BCUT2D eigenvalue weighted by Crippen LogP contribution is -2.23. The number of halogens is 1. The molecule has 1 aromatic heterocycles. The summed E-state index contributed by atoms with van der Waals surface area (Å²) in [5.41, 5.74) is 8.49. The summed E-state index contributed by atoms with van der Waals surface area (Å²) in [6.45, 7) is 2.08. The summed E-state index contributed by atoms with van der Waals surface area (Å²) in [6.07, 6.45) is 6.38. The molecule has 0 amide bonds. The van der Waals surface area contributed by atoms with Crippen LogP contribution in [-0.4, -0.2) is 0 Å². The number of hydrogen-bond donors (Lipinski definition) is 1. The molecule has 2 aromatic rings. The van der Waals surface area contributed by atoms with Gasteiger partial charge in [-0.1, -0.05) is 30.9 Å². The molecular weight excluding hydrogens is 258 g/mol. The molecule has 1 saturated carbocycles. The zero-order valence-electron chi connectivity index (χ0n) is 11.3. The van der Waals surface area contributed by atoms with E-state index < -0.39 is 0 Å². The fraction of sp³-hybridized carbons (Fsp3) is 0.500. The van der Waals surface area contributed by atoms with Crippen molar-refractivity contribution in [2.75, 3.05) is 0 Å². The van der Waals surface area contributed by atoms with Crippen molar-refractivity contribution < 1.29 is 4.42 Å². The van der Waals surface area contributed by atoms with Gasteiger partial charge in [-0.25, -0.2) is 0 Å². The first-order valence-electron chi connectivity index (χ1n) is 7.11. The van der Waals surface area contributed by atoms with E-state index in [0.29, 0.717) is 5.92 Å². The van der Waals surface area contributed by atoms with Gasteiger partial charge in [0.1, 0.15) is 11.3 Å². The molecule has 0 radical (unpaired) electrons. The lowest BCUT2D eigenvalue weighted by molar-refractivity contribution is 0.283. The molecule has 2 N–H and O–H groups in total. The lowest BCUT2D eigenvalue weighted by Gasteiger charge is -2.26. The highest BCUT2D eigenvalue weighted by Crippen LogP contribution is 2.37. The molecule has 1 atom stereocenters. The second-order valence-corrected chi connectivity index (χ2v) is 6.09. The lowest BCUT2D eigenvalue weighted by atomic mass is 9.82. The molecule has 0 spiro atoms. The highest BCUT2D eigenvalue weighted by Gasteiger charge is 2.26. The van der Waals surface area contributed by atoms with Crippen LogP contribution in [0.2, 0.25) is 5.02 Å². The van der Waals surface area contributed by atoms with E-state index in [9.17, 15) is 0 Å². The van der Waals surface area contributed by atoms with Gasteiger partial charge < -0.3 is 10.2 Å². The minimum absolute atomic E-state index is 0.0199. The van der Waals surface area contributed by atoms with E-state index in [2.05, 4.69) is 6.92 Å². The molecule has 1 aliphatic rings. The van der Waals surface area contributed by atoms with E-state index in [1.807, 2.05) is 18.2 Å². The first-order chi connectivity index (χ1) is 9.16. The van der Waals surface area contributed by atoms with Gasteiger partial charge in [-0.3, -0.25) is 0 Å². The average Bonchev–Trinajstić information content (AvgIpc) is 2.76. The summed E-state index contributed by atoms with van der Waals surface area (Å²) >= 11 is 6.06. The molecule has 1 aliphatic carbocycles. The molecule has 102 valence electrons. The van der Waals surface area contributed by atoms with Gasteiger partial charge in [0.05, 0.1) is 6.04 Å². The number of furan rings is 1. The molecule has 0 bridgehead atoms. The summed E-state index contributed by atoms with van der Waals surface area (Å²) in [5, 5.41) is 1.84. The van der Waals surface area contributed by atoms with Crippen molar-refractivity contribution >= 4 is 22.6 Å². The van der Waals surface area contributed by atoms with Crippen LogP contribution in [0.25, 0.3) is 11.0 Å². The normalized spacial score (nSPS) is 18.9. The van der Waals surface area contributed by atoms with Crippen molar-refractivity contribution in [2.45, 2.75) is 45.1 Å². The number of nitrogens with two attached hydrogens (primary N) is 1. The fourth-order valence-electron chi connectivity index (χ4n) is 3.24. The number of aryl methyl sites for hydroxylation is 1. The molecule has 1 aromatic carbocycles. The Balaban J connectivity index is 1.97. The van der Waals surface area contributed by atoms with E-state index in [-0.39, 0.29) is 6.04 Å². The Morgan fingerprint density at radius 1 is 1.26 bits per heavy atom. The molecular formula is C16H20ClNO. The Labute approximate surface area is 118 Å². The van der Waals surface area contributed by atoms with Gasteiger partial charge in [0.15, 0.2) is 0 Å². The van der Waals surface area contributed by atoms with E-state index in [1.165, 1.54) is 32.1 Å². The topological polar surface area (TPSA) is 39.2 Å². The third-order valence-corrected chi connectivity index (χ3v) is 4.63. The van der Waals surface area contributed by atoms with Gasteiger partial charge in [-0.05, 0) is 43.9 Å². The van der Waals surface area contributed by atoms with Crippen molar-refractivity contribution in [2.24, 2.45) is 11.7 Å². The maximum atomic E-state index is 6.45. The van der Waals surface area contributed by atoms with Gasteiger partial charge in [0.25, 0.3) is 0 Å². The Kier molecular flexibility index (Phi) is 3.55. The number of benzene rings is 1. The van der Waals surface area contributed by atoms with Crippen molar-refractivity contribution in [1.29, 1.82) is 0 Å². The van der Waals surface area contributed by atoms with Gasteiger partial charge in [-0.2, -0.15) is 0 Å². The van der Waals surface area contributed by atoms with Crippen molar-refractivity contribution in [3.8, 4) is 0 Å². The minimum atomic E-state index is 0.0199. The van der Waals surface area contributed by atoms with E-state index in [1.54, 1.807) is 0 Å². The SMILES string of the molecule is Cc1c(C(N)C2CCCCC2)oc2ccc(Cl)cc12. The Bertz CT molecular complexity index is 584. The summed E-state index contributed by atoms with van der Waals surface area (Å²) in [5.74, 6) is 1.51. The van der Waals surface area contributed by atoms with Crippen LogP contribution in [-0.2, 0) is 0 Å². The fourth-order valence-corrected chi connectivity index (χ4v) is 3.41. The molecule has 1 fully saturated rings. The molecule has 3 heteroatoms. The second kappa shape index (κ2) is 5.18. The Morgan fingerprint density at radius 3 is 2.74 bits per heavy atom. The van der Waals surface area contributed by atoms with Crippen molar-refractivity contribution in [3.63, 3.8) is 0 Å². The van der Waals surface area contributed by atoms with E-state index in [4.69, 9.17) is 21.8 Å². The van der Waals surface area contributed by atoms with Crippen LogP contribution in [0.1, 0.15) is 49.5 Å². The Hall–Kier alpha value is -0.990. The van der Waals surface area contributed by atoms with E-state index >= 15 is 0 Å².